The first-order chi connectivity index (χ1) is 6.85. The third-order valence-electron chi connectivity index (χ3n) is 2.35. The monoisotopic (exact) mass is 190 g/mol. The van der Waals surface area contributed by atoms with E-state index in [1.807, 2.05) is 36.4 Å². The zero-order chi connectivity index (χ0) is 9.86. The summed E-state index contributed by atoms with van der Waals surface area (Å²) < 4.78 is 10.8. The van der Waals surface area contributed by atoms with Crippen molar-refractivity contribution in [3.05, 3.63) is 48.6 Å². The summed E-state index contributed by atoms with van der Waals surface area (Å²) in [4.78, 5) is 0. The highest BCUT2D eigenvalue weighted by Gasteiger charge is 2.41. The first-order valence-electron chi connectivity index (χ1n) is 4.74. The zero-order valence-corrected chi connectivity index (χ0v) is 8.11. The summed E-state index contributed by atoms with van der Waals surface area (Å²) in [5.74, 6) is 0. The molecular weight excluding hydrogens is 176 g/mol. The second kappa shape index (κ2) is 3.95. The van der Waals surface area contributed by atoms with Crippen LogP contribution in [0.2, 0.25) is 0 Å². The van der Waals surface area contributed by atoms with Crippen LogP contribution in [0.15, 0.2) is 43.0 Å². The van der Waals surface area contributed by atoms with Gasteiger partial charge in [-0.3, -0.25) is 0 Å². The van der Waals surface area contributed by atoms with E-state index in [9.17, 15) is 0 Å². The molecule has 1 fully saturated rings. The summed E-state index contributed by atoms with van der Waals surface area (Å²) in [6, 6.07) is 10.1. The molecule has 2 nitrogen and oxygen atoms in total. The number of hydrogen-bond acceptors (Lipinski definition) is 2. The Morgan fingerprint density at radius 3 is 2.71 bits per heavy atom. The van der Waals surface area contributed by atoms with Gasteiger partial charge < -0.3 is 9.47 Å². The Hall–Kier alpha value is -1.12. The Bertz CT molecular complexity index is 301. The Morgan fingerprint density at radius 1 is 1.43 bits per heavy atom. The predicted molar refractivity (Wildman–Crippen MR) is 55.0 cm³/mol. The molecule has 0 aromatic heterocycles. The van der Waals surface area contributed by atoms with Crippen molar-refractivity contribution in [3.8, 4) is 0 Å². The highest BCUT2D eigenvalue weighted by molar-refractivity contribution is 5.13. The number of hydrogen-bond donors (Lipinski definition) is 0. The molecule has 74 valence electrons. The maximum atomic E-state index is 5.54. The number of ether oxygens (including phenoxy) is 2. The quantitative estimate of drug-likeness (QED) is 0.524. The Morgan fingerprint density at radius 2 is 2.14 bits per heavy atom. The van der Waals surface area contributed by atoms with Crippen LogP contribution in [0, 0.1) is 0 Å². The van der Waals surface area contributed by atoms with Crippen LogP contribution < -0.4 is 0 Å². The molecule has 1 heterocycles. The SMILES string of the molecule is C=C[C@]1(COCc2ccccc2)CO1. The van der Waals surface area contributed by atoms with Crippen molar-refractivity contribution in [1.29, 1.82) is 0 Å². The molecule has 1 aromatic carbocycles. The first-order valence-corrected chi connectivity index (χ1v) is 4.74. The van der Waals surface area contributed by atoms with Gasteiger partial charge in [0.2, 0.25) is 0 Å². The van der Waals surface area contributed by atoms with Gasteiger partial charge in [0.15, 0.2) is 0 Å². The standard InChI is InChI=1S/C12H14O2/c1-2-12(10-14-12)9-13-8-11-6-4-3-5-7-11/h2-7H,1,8-10H2/t12-/m0/s1. The van der Waals surface area contributed by atoms with Crippen LogP contribution in [0.4, 0.5) is 0 Å². The minimum Gasteiger partial charge on any atom is -0.373 e. The molecule has 0 bridgehead atoms. The van der Waals surface area contributed by atoms with Crippen LogP contribution >= 0.6 is 0 Å². The van der Waals surface area contributed by atoms with Crippen molar-refractivity contribution in [3.63, 3.8) is 0 Å². The molecule has 1 aliphatic heterocycles. The molecule has 1 atom stereocenters. The van der Waals surface area contributed by atoms with E-state index >= 15 is 0 Å². The highest BCUT2D eigenvalue weighted by atomic mass is 16.6. The molecule has 14 heavy (non-hydrogen) atoms. The molecule has 1 aliphatic rings. The topological polar surface area (TPSA) is 21.8 Å². The summed E-state index contributed by atoms with van der Waals surface area (Å²) in [5, 5.41) is 0. The summed E-state index contributed by atoms with van der Waals surface area (Å²) in [7, 11) is 0. The van der Waals surface area contributed by atoms with Crippen LogP contribution in [-0.4, -0.2) is 18.8 Å². The molecule has 0 N–H and O–H groups in total. The minimum absolute atomic E-state index is 0.186. The van der Waals surface area contributed by atoms with Gasteiger partial charge in [0, 0.05) is 0 Å². The van der Waals surface area contributed by atoms with Crippen LogP contribution in [-0.2, 0) is 16.1 Å². The molecule has 2 rings (SSSR count). The molecule has 0 unspecified atom stereocenters. The van der Waals surface area contributed by atoms with Gasteiger partial charge in [-0.2, -0.15) is 0 Å². The van der Waals surface area contributed by atoms with Crippen LogP contribution in [0.25, 0.3) is 0 Å². The Kier molecular flexibility index (Phi) is 2.66. The molecule has 0 radical (unpaired) electrons. The second-order valence-corrected chi connectivity index (χ2v) is 3.54. The number of epoxide rings is 1. The lowest BCUT2D eigenvalue weighted by molar-refractivity contribution is 0.0836. The number of rotatable bonds is 5. The summed E-state index contributed by atoms with van der Waals surface area (Å²) in [5.41, 5.74) is 1.00. The van der Waals surface area contributed by atoms with E-state index < -0.39 is 0 Å². The van der Waals surface area contributed by atoms with Gasteiger partial charge in [-0.25, -0.2) is 0 Å². The molecule has 0 spiro atoms. The van der Waals surface area contributed by atoms with Crippen molar-refractivity contribution < 1.29 is 9.47 Å². The smallest absolute Gasteiger partial charge is 0.133 e. The summed E-state index contributed by atoms with van der Waals surface area (Å²) >= 11 is 0. The molecule has 2 heteroatoms. The molecular formula is C12H14O2. The van der Waals surface area contributed by atoms with Crippen LogP contribution in [0.5, 0.6) is 0 Å². The minimum atomic E-state index is -0.186. The molecule has 0 saturated carbocycles. The van der Waals surface area contributed by atoms with E-state index in [1.54, 1.807) is 0 Å². The molecule has 0 amide bonds. The van der Waals surface area contributed by atoms with E-state index in [2.05, 4.69) is 6.58 Å². The average molecular weight is 190 g/mol. The van der Waals surface area contributed by atoms with Gasteiger partial charge >= 0.3 is 0 Å². The van der Waals surface area contributed by atoms with Crippen LogP contribution in [0.1, 0.15) is 5.56 Å². The third-order valence-corrected chi connectivity index (χ3v) is 2.35. The molecule has 0 aliphatic carbocycles. The van der Waals surface area contributed by atoms with E-state index in [4.69, 9.17) is 9.47 Å². The van der Waals surface area contributed by atoms with Crippen molar-refractivity contribution >= 4 is 0 Å². The van der Waals surface area contributed by atoms with Crippen molar-refractivity contribution in [2.45, 2.75) is 12.2 Å². The molecule has 1 saturated heterocycles. The zero-order valence-electron chi connectivity index (χ0n) is 8.11. The second-order valence-electron chi connectivity index (χ2n) is 3.54. The van der Waals surface area contributed by atoms with Gasteiger partial charge in [0.25, 0.3) is 0 Å². The summed E-state index contributed by atoms with van der Waals surface area (Å²) in [6.07, 6.45) is 1.82. The fourth-order valence-electron chi connectivity index (χ4n) is 1.27. The van der Waals surface area contributed by atoms with Crippen molar-refractivity contribution in [2.75, 3.05) is 13.2 Å². The molecule has 1 aromatic rings. The third kappa shape index (κ3) is 2.22. The lowest BCUT2D eigenvalue weighted by atomic mass is 10.2. The van der Waals surface area contributed by atoms with E-state index in [0.717, 1.165) is 6.61 Å². The van der Waals surface area contributed by atoms with E-state index in [-0.39, 0.29) is 5.60 Å². The lowest BCUT2D eigenvalue weighted by Crippen LogP contribution is -2.15. The first kappa shape index (κ1) is 9.44. The van der Waals surface area contributed by atoms with Crippen LogP contribution in [0.3, 0.4) is 0 Å². The van der Waals surface area contributed by atoms with Gasteiger partial charge in [0.1, 0.15) is 5.60 Å². The van der Waals surface area contributed by atoms with E-state index in [1.165, 1.54) is 5.56 Å². The van der Waals surface area contributed by atoms with Gasteiger partial charge in [0.05, 0.1) is 19.8 Å². The predicted octanol–water partition coefficient (Wildman–Crippen LogP) is 2.16. The van der Waals surface area contributed by atoms with Gasteiger partial charge in [-0.1, -0.05) is 36.4 Å². The van der Waals surface area contributed by atoms with Gasteiger partial charge in [-0.15, -0.1) is 6.58 Å². The Labute approximate surface area is 84.2 Å². The van der Waals surface area contributed by atoms with Crippen molar-refractivity contribution in [2.24, 2.45) is 0 Å². The Balaban J connectivity index is 1.76. The maximum absolute atomic E-state index is 5.54. The fourth-order valence-corrected chi connectivity index (χ4v) is 1.27. The highest BCUT2D eigenvalue weighted by Crippen LogP contribution is 2.28. The maximum Gasteiger partial charge on any atom is 0.133 e. The summed E-state index contributed by atoms with van der Waals surface area (Å²) in [6.45, 7) is 5.70. The number of benzene rings is 1. The van der Waals surface area contributed by atoms with E-state index in [0.29, 0.717) is 13.2 Å². The lowest BCUT2D eigenvalue weighted by Gasteiger charge is -2.07. The fraction of sp³-hybridized carbons (Fsp3) is 0.333. The van der Waals surface area contributed by atoms with Crippen molar-refractivity contribution in [1.82, 2.24) is 0 Å². The largest absolute Gasteiger partial charge is 0.373 e. The average Bonchev–Trinajstić information content (AvgIpc) is 3.00. The normalized spacial score (nSPS) is 24.6. The van der Waals surface area contributed by atoms with Gasteiger partial charge in [-0.05, 0) is 5.56 Å².